The Morgan fingerprint density at radius 3 is 2.58 bits per heavy atom. The number of halogens is 1. The van der Waals surface area contributed by atoms with E-state index in [9.17, 15) is 8.42 Å². The Bertz CT molecular complexity index is 505. The maximum Gasteiger partial charge on any atom is 0.216 e. The number of rotatable bonds is 7. The standard InChI is InChI=1S/C13H21ClN2O2S/c1-4-15-9-10(2)19(17,18)16-11(3)12-6-5-7-13(14)8-12/h5-8,10-11,15-16H,4,9H2,1-3H3. The van der Waals surface area contributed by atoms with Gasteiger partial charge >= 0.3 is 0 Å². The lowest BCUT2D eigenvalue weighted by Crippen LogP contribution is -2.39. The Morgan fingerprint density at radius 1 is 1.32 bits per heavy atom. The number of sulfonamides is 1. The van der Waals surface area contributed by atoms with Crippen molar-refractivity contribution in [2.75, 3.05) is 13.1 Å². The van der Waals surface area contributed by atoms with Crippen molar-refractivity contribution in [2.45, 2.75) is 32.1 Å². The zero-order valence-corrected chi connectivity index (χ0v) is 13.1. The van der Waals surface area contributed by atoms with Gasteiger partial charge in [-0.1, -0.05) is 30.7 Å². The van der Waals surface area contributed by atoms with Gasteiger partial charge in [0.25, 0.3) is 0 Å². The van der Waals surface area contributed by atoms with Gasteiger partial charge < -0.3 is 5.32 Å². The molecule has 1 aromatic rings. The highest BCUT2D eigenvalue weighted by Gasteiger charge is 2.22. The van der Waals surface area contributed by atoms with Gasteiger partial charge in [0.05, 0.1) is 5.25 Å². The van der Waals surface area contributed by atoms with Gasteiger partial charge in [0.2, 0.25) is 10.0 Å². The Labute approximate surface area is 120 Å². The molecule has 2 atom stereocenters. The number of benzene rings is 1. The van der Waals surface area contributed by atoms with Gasteiger partial charge in [-0.25, -0.2) is 13.1 Å². The average Bonchev–Trinajstić information content (AvgIpc) is 2.35. The molecule has 108 valence electrons. The van der Waals surface area contributed by atoms with Gasteiger partial charge in [-0.05, 0) is 38.1 Å². The van der Waals surface area contributed by atoms with Crippen molar-refractivity contribution >= 4 is 21.6 Å². The molecule has 1 rings (SSSR count). The van der Waals surface area contributed by atoms with Crippen LogP contribution in [-0.4, -0.2) is 26.8 Å². The number of nitrogens with one attached hydrogen (secondary N) is 2. The van der Waals surface area contributed by atoms with Crippen LogP contribution >= 0.6 is 11.6 Å². The lowest BCUT2D eigenvalue weighted by atomic mass is 10.1. The normalized spacial score (nSPS) is 15.2. The maximum atomic E-state index is 12.1. The fraction of sp³-hybridized carbons (Fsp3) is 0.538. The van der Waals surface area contributed by atoms with E-state index in [0.29, 0.717) is 11.6 Å². The van der Waals surface area contributed by atoms with Crippen molar-refractivity contribution in [3.05, 3.63) is 34.9 Å². The Kier molecular flexibility index (Phi) is 6.26. The number of hydrogen-bond acceptors (Lipinski definition) is 3. The first-order chi connectivity index (χ1) is 8.86. The predicted molar refractivity (Wildman–Crippen MR) is 79.9 cm³/mol. The molecule has 19 heavy (non-hydrogen) atoms. The first-order valence-electron chi connectivity index (χ1n) is 6.34. The highest BCUT2D eigenvalue weighted by molar-refractivity contribution is 7.90. The van der Waals surface area contributed by atoms with E-state index in [-0.39, 0.29) is 6.04 Å². The summed E-state index contributed by atoms with van der Waals surface area (Å²) >= 11 is 5.90. The van der Waals surface area contributed by atoms with E-state index in [4.69, 9.17) is 11.6 Å². The first kappa shape index (κ1) is 16.4. The highest BCUT2D eigenvalue weighted by atomic mass is 35.5. The van der Waals surface area contributed by atoms with Gasteiger partial charge in [-0.15, -0.1) is 0 Å². The van der Waals surface area contributed by atoms with Crippen molar-refractivity contribution < 1.29 is 8.42 Å². The third-order valence-electron chi connectivity index (χ3n) is 2.90. The fourth-order valence-corrected chi connectivity index (χ4v) is 3.06. The summed E-state index contributed by atoms with van der Waals surface area (Å²) in [5.74, 6) is 0. The molecule has 0 saturated carbocycles. The minimum Gasteiger partial charge on any atom is -0.316 e. The van der Waals surface area contributed by atoms with Gasteiger partial charge in [0.15, 0.2) is 0 Å². The topological polar surface area (TPSA) is 58.2 Å². The molecule has 0 saturated heterocycles. The lowest BCUT2D eigenvalue weighted by Gasteiger charge is -2.19. The molecular weight excluding hydrogens is 284 g/mol. The summed E-state index contributed by atoms with van der Waals surface area (Å²) in [4.78, 5) is 0. The van der Waals surface area contributed by atoms with Gasteiger partial charge in [0, 0.05) is 17.6 Å². The number of hydrogen-bond donors (Lipinski definition) is 2. The molecule has 1 aromatic carbocycles. The molecule has 0 aliphatic heterocycles. The molecule has 0 heterocycles. The van der Waals surface area contributed by atoms with Crippen LogP contribution in [0.1, 0.15) is 32.4 Å². The average molecular weight is 305 g/mol. The van der Waals surface area contributed by atoms with E-state index >= 15 is 0 Å². The Balaban J connectivity index is 2.72. The van der Waals surface area contributed by atoms with E-state index in [1.807, 2.05) is 26.0 Å². The van der Waals surface area contributed by atoms with Crippen molar-refractivity contribution in [3.63, 3.8) is 0 Å². The molecular formula is C13H21ClN2O2S. The van der Waals surface area contributed by atoms with Crippen molar-refractivity contribution in [3.8, 4) is 0 Å². The van der Waals surface area contributed by atoms with Crippen LogP contribution in [-0.2, 0) is 10.0 Å². The summed E-state index contributed by atoms with van der Waals surface area (Å²) in [5, 5.41) is 3.16. The minimum absolute atomic E-state index is 0.298. The smallest absolute Gasteiger partial charge is 0.216 e. The fourth-order valence-electron chi connectivity index (χ4n) is 1.66. The summed E-state index contributed by atoms with van der Waals surface area (Å²) in [6, 6.07) is 6.90. The molecule has 0 fully saturated rings. The van der Waals surface area contributed by atoms with Gasteiger partial charge in [-0.3, -0.25) is 0 Å². The molecule has 4 nitrogen and oxygen atoms in total. The van der Waals surface area contributed by atoms with Crippen molar-refractivity contribution in [1.82, 2.24) is 10.0 Å². The van der Waals surface area contributed by atoms with E-state index in [1.54, 1.807) is 19.1 Å². The third-order valence-corrected chi connectivity index (χ3v) is 5.04. The molecule has 0 aromatic heterocycles. The molecule has 0 aliphatic carbocycles. The quantitative estimate of drug-likeness (QED) is 0.813. The lowest BCUT2D eigenvalue weighted by molar-refractivity contribution is 0.547. The molecule has 0 radical (unpaired) electrons. The molecule has 0 amide bonds. The predicted octanol–water partition coefficient (Wildman–Crippen LogP) is 2.32. The van der Waals surface area contributed by atoms with Crippen LogP contribution in [0.4, 0.5) is 0 Å². The zero-order chi connectivity index (χ0) is 14.5. The van der Waals surface area contributed by atoms with Crippen LogP contribution in [0.25, 0.3) is 0 Å². The Morgan fingerprint density at radius 2 is 2.00 bits per heavy atom. The summed E-state index contributed by atoms with van der Waals surface area (Å²) in [6.07, 6.45) is 0. The molecule has 0 bridgehead atoms. The molecule has 2 N–H and O–H groups in total. The van der Waals surface area contributed by atoms with Crippen molar-refractivity contribution in [2.24, 2.45) is 0 Å². The molecule has 6 heteroatoms. The third kappa shape index (κ3) is 5.10. The summed E-state index contributed by atoms with van der Waals surface area (Å²) < 4.78 is 26.9. The second kappa shape index (κ2) is 7.24. The van der Waals surface area contributed by atoms with E-state index in [1.165, 1.54) is 0 Å². The Hall–Kier alpha value is -0.620. The molecule has 2 unspecified atom stereocenters. The second-order valence-corrected chi connectivity index (χ2v) is 7.12. The van der Waals surface area contributed by atoms with Crippen LogP contribution in [0, 0.1) is 0 Å². The van der Waals surface area contributed by atoms with Crippen LogP contribution < -0.4 is 10.0 Å². The zero-order valence-electron chi connectivity index (χ0n) is 11.5. The summed E-state index contributed by atoms with van der Waals surface area (Å²) in [5.41, 5.74) is 0.853. The second-order valence-electron chi connectivity index (χ2n) is 4.56. The monoisotopic (exact) mass is 304 g/mol. The van der Waals surface area contributed by atoms with Crippen LogP contribution in [0.15, 0.2) is 24.3 Å². The van der Waals surface area contributed by atoms with E-state index in [0.717, 1.165) is 12.1 Å². The largest absolute Gasteiger partial charge is 0.316 e. The van der Waals surface area contributed by atoms with Gasteiger partial charge in [-0.2, -0.15) is 0 Å². The van der Waals surface area contributed by atoms with Crippen LogP contribution in [0.5, 0.6) is 0 Å². The minimum atomic E-state index is -3.35. The molecule has 0 spiro atoms. The van der Waals surface area contributed by atoms with Gasteiger partial charge in [0.1, 0.15) is 0 Å². The summed E-state index contributed by atoms with van der Waals surface area (Å²) in [7, 11) is -3.35. The summed E-state index contributed by atoms with van der Waals surface area (Å²) in [6.45, 7) is 6.64. The SMILES string of the molecule is CCNCC(C)S(=O)(=O)NC(C)c1cccc(Cl)c1. The van der Waals surface area contributed by atoms with Crippen LogP contribution in [0.2, 0.25) is 5.02 Å². The molecule has 0 aliphatic rings. The first-order valence-corrected chi connectivity index (χ1v) is 8.26. The van der Waals surface area contributed by atoms with E-state index < -0.39 is 15.3 Å². The van der Waals surface area contributed by atoms with E-state index in [2.05, 4.69) is 10.0 Å². The maximum absolute atomic E-state index is 12.1. The van der Waals surface area contributed by atoms with Crippen molar-refractivity contribution in [1.29, 1.82) is 0 Å². The van der Waals surface area contributed by atoms with Crippen LogP contribution in [0.3, 0.4) is 0 Å². The highest BCUT2D eigenvalue weighted by Crippen LogP contribution is 2.18.